The second-order valence-electron chi connectivity index (χ2n) is 4.19. The highest BCUT2D eigenvalue weighted by atomic mass is 35.5. The zero-order valence-electron chi connectivity index (χ0n) is 11.0. The average molecular weight is 329 g/mol. The van der Waals surface area contributed by atoms with E-state index in [1.807, 2.05) is 0 Å². The van der Waals surface area contributed by atoms with Crippen LogP contribution in [0.4, 0.5) is 4.39 Å². The summed E-state index contributed by atoms with van der Waals surface area (Å²) in [6.45, 7) is 0.135. The minimum Gasteiger partial charge on any atom is -0.493 e. The first-order valence-electron chi connectivity index (χ1n) is 5.94. The van der Waals surface area contributed by atoms with Crippen molar-refractivity contribution in [1.82, 2.24) is 0 Å². The summed E-state index contributed by atoms with van der Waals surface area (Å²) in [5.41, 5.74) is 1.06. The number of aldehydes is 1. The summed E-state index contributed by atoms with van der Waals surface area (Å²) in [6, 6.07) is 7.28. The zero-order chi connectivity index (χ0) is 15.4. The summed E-state index contributed by atoms with van der Waals surface area (Å²) in [7, 11) is 1.45. The Labute approximate surface area is 131 Å². The van der Waals surface area contributed by atoms with E-state index in [4.69, 9.17) is 32.7 Å². The predicted octanol–water partition coefficient (Wildman–Crippen LogP) is 4.53. The van der Waals surface area contributed by atoms with E-state index in [9.17, 15) is 9.18 Å². The quantitative estimate of drug-likeness (QED) is 0.756. The van der Waals surface area contributed by atoms with Crippen molar-refractivity contribution in [3.05, 3.63) is 57.3 Å². The largest absolute Gasteiger partial charge is 0.493 e. The molecule has 0 saturated heterocycles. The maximum atomic E-state index is 13.1. The van der Waals surface area contributed by atoms with Crippen molar-refractivity contribution in [3.8, 4) is 11.5 Å². The molecule has 0 heterocycles. The van der Waals surface area contributed by atoms with Crippen molar-refractivity contribution in [2.45, 2.75) is 6.61 Å². The maximum Gasteiger partial charge on any atom is 0.180 e. The number of hydrogen-bond donors (Lipinski definition) is 0. The molecule has 0 N–H and O–H groups in total. The maximum absolute atomic E-state index is 13.1. The fourth-order valence-corrected chi connectivity index (χ4v) is 2.21. The Bertz CT molecular complexity index is 674. The van der Waals surface area contributed by atoms with Crippen molar-refractivity contribution in [3.63, 3.8) is 0 Å². The first kappa shape index (κ1) is 15.6. The number of carbonyl (C=O) groups is 1. The Balaban J connectivity index is 2.23. The van der Waals surface area contributed by atoms with Gasteiger partial charge in [0.05, 0.1) is 17.2 Å². The van der Waals surface area contributed by atoms with Gasteiger partial charge in [-0.1, -0.05) is 29.3 Å². The highest BCUT2D eigenvalue weighted by Crippen LogP contribution is 2.36. The van der Waals surface area contributed by atoms with Gasteiger partial charge in [-0.2, -0.15) is 0 Å². The number of hydrogen-bond acceptors (Lipinski definition) is 3. The van der Waals surface area contributed by atoms with Crippen LogP contribution in [-0.2, 0) is 6.61 Å². The van der Waals surface area contributed by atoms with Crippen LogP contribution in [0.25, 0.3) is 0 Å². The second-order valence-corrected chi connectivity index (χ2v) is 5.00. The first-order valence-corrected chi connectivity index (χ1v) is 6.70. The molecule has 0 spiro atoms. The van der Waals surface area contributed by atoms with Gasteiger partial charge < -0.3 is 9.47 Å². The van der Waals surface area contributed by atoms with Gasteiger partial charge in [0, 0.05) is 5.56 Å². The fourth-order valence-electron chi connectivity index (χ4n) is 1.73. The Kier molecular flexibility index (Phi) is 5.04. The summed E-state index contributed by atoms with van der Waals surface area (Å²) in [6.07, 6.45) is 0.665. The van der Waals surface area contributed by atoms with E-state index >= 15 is 0 Å². The molecule has 0 amide bonds. The second kappa shape index (κ2) is 6.78. The molecule has 0 aliphatic heterocycles. The number of benzene rings is 2. The molecule has 2 aromatic rings. The monoisotopic (exact) mass is 328 g/mol. The molecule has 6 heteroatoms. The Morgan fingerprint density at radius 1 is 1.19 bits per heavy atom. The molecule has 0 saturated carbocycles. The normalized spacial score (nSPS) is 10.3. The lowest BCUT2D eigenvalue weighted by atomic mass is 10.2. The van der Waals surface area contributed by atoms with Crippen molar-refractivity contribution >= 4 is 29.5 Å². The topological polar surface area (TPSA) is 35.5 Å². The van der Waals surface area contributed by atoms with Crippen molar-refractivity contribution in [2.24, 2.45) is 0 Å². The van der Waals surface area contributed by atoms with E-state index in [-0.39, 0.29) is 16.7 Å². The summed E-state index contributed by atoms with van der Waals surface area (Å²) < 4.78 is 23.8. The van der Waals surface area contributed by atoms with Crippen molar-refractivity contribution in [2.75, 3.05) is 7.11 Å². The summed E-state index contributed by atoms with van der Waals surface area (Å²) in [5.74, 6) is 0.161. The molecule has 0 unspecified atom stereocenters. The molecule has 0 atom stereocenters. The molecule has 0 bridgehead atoms. The molecule has 2 rings (SSSR count). The van der Waals surface area contributed by atoms with Crippen molar-refractivity contribution < 1.29 is 18.7 Å². The van der Waals surface area contributed by atoms with E-state index in [2.05, 4.69) is 0 Å². The smallest absolute Gasteiger partial charge is 0.180 e. The number of methoxy groups -OCH3 is 1. The van der Waals surface area contributed by atoms with Gasteiger partial charge >= 0.3 is 0 Å². The van der Waals surface area contributed by atoms with Crippen LogP contribution in [0.3, 0.4) is 0 Å². The molecule has 0 fully saturated rings. The van der Waals surface area contributed by atoms with Crippen LogP contribution >= 0.6 is 23.2 Å². The molecule has 21 heavy (non-hydrogen) atoms. The van der Waals surface area contributed by atoms with Crippen molar-refractivity contribution in [1.29, 1.82) is 0 Å². The van der Waals surface area contributed by atoms with Crippen LogP contribution in [0.1, 0.15) is 15.9 Å². The molecular weight excluding hydrogens is 318 g/mol. The number of halogens is 3. The van der Waals surface area contributed by atoms with Crippen LogP contribution in [0, 0.1) is 5.82 Å². The van der Waals surface area contributed by atoms with Gasteiger partial charge in [-0.25, -0.2) is 4.39 Å². The Hall–Kier alpha value is -1.78. The van der Waals surface area contributed by atoms with Crippen LogP contribution in [0.2, 0.25) is 10.0 Å². The minimum absolute atomic E-state index is 0.0189. The summed E-state index contributed by atoms with van der Waals surface area (Å²) >= 11 is 11.8. The third kappa shape index (κ3) is 3.65. The SMILES string of the molecule is COc1cc(C=O)cc(Cl)c1OCc1ccc(F)c(Cl)c1. The Morgan fingerprint density at radius 2 is 1.95 bits per heavy atom. The summed E-state index contributed by atoms with van der Waals surface area (Å²) in [5, 5.41) is 0.273. The standard InChI is InChI=1S/C15H11Cl2FO3/c1-20-14-6-10(7-19)5-12(17)15(14)21-8-9-2-3-13(18)11(16)4-9/h2-7H,8H2,1H3. The van der Waals surface area contributed by atoms with E-state index in [1.165, 1.54) is 31.4 Å². The van der Waals surface area contributed by atoms with Gasteiger partial charge in [0.1, 0.15) is 18.7 Å². The lowest BCUT2D eigenvalue weighted by molar-refractivity contribution is 0.112. The first-order chi connectivity index (χ1) is 10.0. The molecular formula is C15H11Cl2FO3. The van der Waals surface area contributed by atoms with Crippen LogP contribution in [0.5, 0.6) is 11.5 Å². The third-order valence-electron chi connectivity index (χ3n) is 2.76. The number of ether oxygens (including phenoxy) is 2. The average Bonchev–Trinajstić information content (AvgIpc) is 2.48. The number of rotatable bonds is 5. The van der Waals surface area contributed by atoms with E-state index < -0.39 is 5.82 Å². The predicted molar refractivity (Wildman–Crippen MR) is 79.1 cm³/mol. The molecule has 110 valence electrons. The molecule has 2 aromatic carbocycles. The van der Waals surface area contributed by atoms with Gasteiger partial charge in [-0.3, -0.25) is 4.79 Å². The van der Waals surface area contributed by atoms with Crippen LogP contribution < -0.4 is 9.47 Å². The van der Waals surface area contributed by atoms with Crippen LogP contribution in [0.15, 0.2) is 30.3 Å². The minimum atomic E-state index is -0.494. The number of carbonyl (C=O) groups excluding carboxylic acids is 1. The van der Waals surface area contributed by atoms with Gasteiger partial charge in [0.25, 0.3) is 0 Å². The lowest BCUT2D eigenvalue weighted by Gasteiger charge is -2.13. The Morgan fingerprint density at radius 3 is 2.57 bits per heavy atom. The van der Waals surface area contributed by atoms with Crippen LogP contribution in [-0.4, -0.2) is 13.4 Å². The van der Waals surface area contributed by atoms with Gasteiger partial charge in [0.15, 0.2) is 11.5 Å². The molecule has 0 aromatic heterocycles. The molecule has 3 nitrogen and oxygen atoms in total. The molecule has 0 radical (unpaired) electrons. The van der Waals surface area contributed by atoms with E-state index in [0.717, 1.165) is 0 Å². The molecule has 0 aliphatic rings. The third-order valence-corrected chi connectivity index (χ3v) is 3.33. The summed E-state index contributed by atoms with van der Waals surface area (Å²) in [4.78, 5) is 10.8. The fraction of sp³-hybridized carbons (Fsp3) is 0.133. The highest BCUT2D eigenvalue weighted by Gasteiger charge is 2.12. The van der Waals surface area contributed by atoms with E-state index in [0.29, 0.717) is 28.9 Å². The van der Waals surface area contributed by atoms with Gasteiger partial charge in [-0.15, -0.1) is 0 Å². The zero-order valence-corrected chi connectivity index (χ0v) is 12.5. The lowest BCUT2D eigenvalue weighted by Crippen LogP contribution is -1.99. The highest BCUT2D eigenvalue weighted by molar-refractivity contribution is 6.32. The van der Waals surface area contributed by atoms with Gasteiger partial charge in [0.2, 0.25) is 0 Å². The van der Waals surface area contributed by atoms with E-state index in [1.54, 1.807) is 6.07 Å². The molecule has 0 aliphatic carbocycles. The van der Waals surface area contributed by atoms with Gasteiger partial charge in [-0.05, 0) is 29.8 Å².